The highest BCUT2D eigenvalue weighted by molar-refractivity contribution is 7.18. The molecule has 1 N–H and O–H groups in total. The van der Waals surface area contributed by atoms with Crippen LogP contribution < -0.4 is 9.47 Å². The Morgan fingerprint density at radius 2 is 1.67 bits per heavy atom. The fourth-order valence-corrected chi connectivity index (χ4v) is 5.03. The Kier molecular flexibility index (Phi) is 9.05. The van der Waals surface area contributed by atoms with Crippen molar-refractivity contribution in [2.24, 2.45) is 0 Å². The number of aliphatic hydroxyl groups excluding tert-OH is 1. The van der Waals surface area contributed by atoms with Gasteiger partial charge in [0, 0.05) is 38.8 Å². The van der Waals surface area contributed by atoms with Gasteiger partial charge in [-0.05, 0) is 62.7 Å². The Labute approximate surface area is 213 Å². The number of aromatic nitrogens is 1. The molecule has 4 rings (SSSR count). The molecule has 1 aliphatic heterocycles. The molecule has 6 nitrogen and oxygen atoms in total. The molecule has 1 fully saturated rings. The molecule has 1 aliphatic rings. The Hall–Kier alpha value is -2.40. The van der Waals surface area contributed by atoms with Crippen LogP contribution >= 0.6 is 11.3 Å². The van der Waals surface area contributed by atoms with Crippen LogP contribution in [0.5, 0.6) is 11.5 Å². The van der Waals surface area contributed by atoms with E-state index in [0.29, 0.717) is 18.9 Å². The first kappa shape index (κ1) is 26.7. The molecule has 0 saturated carbocycles. The third-order valence-electron chi connectivity index (χ3n) is 6.16. The lowest BCUT2D eigenvalue weighted by molar-refractivity contribution is -0.137. The normalized spacial score (nSPS) is 16.4. The number of aryl methyl sites for hydroxylation is 1. The zero-order valence-electron chi connectivity index (χ0n) is 20.3. The summed E-state index contributed by atoms with van der Waals surface area (Å²) in [5.41, 5.74) is 0.254. The Morgan fingerprint density at radius 1 is 0.972 bits per heavy atom. The third kappa shape index (κ3) is 7.80. The molecule has 0 amide bonds. The van der Waals surface area contributed by atoms with E-state index in [1.165, 1.54) is 12.1 Å². The number of aliphatic hydroxyl groups is 1. The van der Waals surface area contributed by atoms with Gasteiger partial charge < -0.3 is 19.5 Å². The first-order chi connectivity index (χ1) is 17.3. The van der Waals surface area contributed by atoms with Crippen molar-refractivity contribution in [1.82, 2.24) is 14.8 Å². The van der Waals surface area contributed by atoms with Crippen molar-refractivity contribution in [3.63, 3.8) is 0 Å². The summed E-state index contributed by atoms with van der Waals surface area (Å²) in [4.78, 5) is 9.13. The van der Waals surface area contributed by atoms with Crippen molar-refractivity contribution in [2.45, 2.75) is 32.0 Å². The summed E-state index contributed by atoms with van der Waals surface area (Å²) in [6.07, 6.45) is -3.10. The molecule has 10 heteroatoms. The lowest BCUT2D eigenvalue weighted by atomic mass is 10.2. The highest BCUT2D eigenvalue weighted by atomic mass is 32.1. The van der Waals surface area contributed by atoms with Crippen molar-refractivity contribution in [3.8, 4) is 11.5 Å². The van der Waals surface area contributed by atoms with Crippen molar-refractivity contribution in [2.75, 3.05) is 52.5 Å². The maximum Gasteiger partial charge on any atom is 0.416 e. The summed E-state index contributed by atoms with van der Waals surface area (Å²) in [5, 5.41) is 11.5. The number of hydrogen-bond acceptors (Lipinski definition) is 7. The lowest BCUT2D eigenvalue weighted by Gasteiger charge is -2.35. The van der Waals surface area contributed by atoms with Gasteiger partial charge in [-0.2, -0.15) is 13.2 Å². The predicted octanol–water partition coefficient (Wildman–Crippen LogP) is 4.84. The fraction of sp³-hybridized carbons (Fsp3) is 0.500. The minimum atomic E-state index is -4.33. The van der Waals surface area contributed by atoms with Crippen LogP contribution in [-0.2, 0) is 6.18 Å². The molecule has 0 aliphatic carbocycles. The van der Waals surface area contributed by atoms with Gasteiger partial charge in [-0.25, -0.2) is 4.98 Å². The molecule has 0 radical (unpaired) electrons. The van der Waals surface area contributed by atoms with Crippen LogP contribution in [0.4, 0.5) is 13.2 Å². The van der Waals surface area contributed by atoms with Gasteiger partial charge >= 0.3 is 6.18 Å². The van der Waals surface area contributed by atoms with Crippen molar-refractivity contribution in [1.29, 1.82) is 0 Å². The van der Waals surface area contributed by atoms with Crippen molar-refractivity contribution in [3.05, 3.63) is 53.0 Å². The number of piperazine rings is 1. The standard InChI is InChI=1S/C26H32F3N3O3S/c1-19-30-24-16-23(8-9-25(24)36-19)35-18-21(33)17-32-13-11-31(12-14-32)10-2-3-15-34-22-6-4-20(5-7-22)26(27,28)29/h4-9,16,21,33H,2-3,10-15,17-18H2,1H3/t21-/m1/s1. The average Bonchev–Trinajstić information content (AvgIpc) is 3.22. The number of fused-ring (bicyclic) bond motifs is 1. The molecule has 0 bridgehead atoms. The maximum absolute atomic E-state index is 12.6. The van der Waals surface area contributed by atoms with Gasteiger partial charge in [0.1, 0.15) is 24.2 Å². The molecule has 0 unspecified atom stereocenters. The number of benzene rings is 2. The van der Waals surface area contributed by atoms with Gasteiger partial charge in [0.25, 0.3) is 0 Å². The minimum Gasteiger partial charge on any atom is -0.494 e. The van der Waals surface area contributed by atoms with Crippen molar-refractivity contribution < 1.29 is 27.8 Å². The molecule has 1 atom stereocenters. The largest absolute Gasteiger partial charge is 0.494 e. The highest BCUT2D eigenvalue weighted by Crippen LogP contribution is 2.30. The number of alkyl halides is 3. The van der Waals surface area contributed by atoms with E-state index in [1.54, 1.807) is 11.3 Å². The summed E-state index contributed by atoms with van der Waals surface area (Å²) in [7, 11) is 0. The predicted molar refractivity (Wildman–Crippen MR) is 135 cm³/mol. The zero-order valence-corrected chi connectivity index (χ0v) is 21.2. The molecular formula is C26H32F3N3O3S. The maximum atomic E-state index is 12.6. The topological polar surface area (TPSA) is 58.1 Å². The van der Waals surface area contributed by atoms with Crippen LogP contribution in [-0.4, -0.2) is 78.5 Å². The van der Waals surface area contributed by atoms with Gasteiger partial charge in [-0.15, -0.1) is 11.3 Å². The molecule has 2 aromatic carbocycles. The van der Waals surface area contributed by atoms with E-state index in [2.05, 4.69) is 14.8 Å². The van der Waals surface area contributed by atoms with E-state index in [-0.39, 0.29) is 6.61 Å². The molecule has 1 saturated heterocycles. The molecule has 0 spiro atoms. The first-order valence-electron chi connectivity index (χ1n) is 12.2. The summed E-state index contributed by atoms with van der Waals surface area (Å²) in [5.74, 6) is 1.18. The van der Waals surface area contributed by atoms with Crippen LogP contribution in [0.25, 0.3) is 10.2 Å². The number of ether oxygens (including phenoxy) is 2. The highest BCUT2D eigenvalue weighted by Gasteiger charge is 2.30. The first-order valence-corrected chi connectivity index (χ1v) is 13.0. The number of β-amino-alcohol motifs (C(OH)–C–C–N with tert-alkyl or cyclic N) is 1. The second-order valence-corrected chi connectivity index (χ2v) is 10.3. The Bertz CT molecular complexity index is 1100. The molecular weight excluding hydrogens is 491 g/mol. The van der Waals surface area contributed by atoms with E-state index in [1.807, 2.05) is 25.1 Å². The van der Waals surface area contributed by atoms with Gasteiger partial charge in [0.15, 0.2) is 0 Å². The number of hydrogen-bond donors (Lipinski definition) is 1. The second-order valence-electron chi connectivity index (χ2n) is 9.05. The van der Waals surface area contributed by atoms with Gasteiger partial charge in [-0.3, -0.25) is 4.90 Å². The quantitative estimate of drug-likeness (QED) is 0.363. The SMILES string of the molecule is Cc1nc2cc(OC[C@H](O)CN3CCN(CCCCOc4ccc(C(F)(F)F)cc4)CC3)ccc2s1. The van der Waals surface area contributed by atoms with Crippen LogP contribution in [0.1, 0.15) is 23.4 Å². The smallest absolute Gasteiger partial charge is 0.416 e. The van der Waals surface area contributed by atoms with Crippen LogP contribution in [0.3, 0.4) is 0 Å². The molecule has 196 valence electrons. The van der Waals surface area contributed by atoms with Gasteiger partial charge in [-0.1, -0.05) is 0 Å². The number of rotatable bonds is 11. The molecule has 2 heterocycles. The van der Waals surface area contributed by atoms with Crippen molar-refractivity contribution >= 4 is 21.6 Å². The molecule has 36 heavy (non-hydrogen) atoms. The molecule has 1 aromatic heterocycles. The number of halogens is 3. The second kappa shape index (κ2) is 12.2. The van der Waals surface area contributed by atoms with Gasteiger partial charge in [0.05, 0.1) is 27.4 Å². The van der Waals surface area contributed by atoms with Crippen LogP contribution in [0.2, 0.25) is 0 Å². The van der Waals surface area contributed by atoms with E-state index in [0.717, 1.165) is 78.7 Å². The minimum absolute atomic E-state index is 0.244. The van der Waals surface area contributed by atoms with E-state index in [9.17, 15) is 18.3 Å². The zero-order chi connectivity index (χ0) is 25.5. The van der Waals surface area contributed by atoms with Crippen LogP contribution in [0, 0.1) is 6.92 Å². The Balaban J connectivity index is 1.07. The Morgan fingerprint density at radius 3 is 2.39 bits per heavy atom. The molecule has 3 aromatic rings. The van der Waals surface area contributed by atoms with Crippen LogP contribution in [0.15, 0.2) is 42.5 Å². The summed E-state index contributed by atoms with van der Waals surface area (Å²) in [6, 6.07) is 10.6. The average molecular weight is 524 g/mol. The summed E-state index contributed by atoms with van der Waals surface area (Å²) in [6.45, 7) is 7.89. The summed E-state index contributed by atoms with van der Waals surface area (Å²) < 4.78 is 50.3. The number of thiazole rings is 1. The van der Waals surface area contributed by atoms with E-state index >= 15 is 0 Å². The van der Waals surface area contributed by atoms with E-state index in [4.69, 9.17) is 9.47 Å². The van der Waals surface area contributed by atoms with E-state index < -0.39 is 17.8 Å². The lowest BCUT2D eigenvalue weighted by Crippen LogP contribution is -2.49. The third-order valence-corrected chi connectivity index (χ3v) is 7.11. The summed E-state index contributed by atoms with van der Waals surface area (Å²) >= 11 is 1.65. The number of unbranched alkanes of at least 4 members (excludes halogenated alkanes) is 1. The monoisotopic (exact) mass is 523 g/mol. The number of nitrogens with zero attached hydrogens (tertiary/aromatic N) is 3. The van der Waals surface area contributed by atoms with Gasteiger partial charge in [0.2, 0.25) is 0 Å². The fourth-order valence-electron chi connectivity index (χ4n) is 4.22.